The van der Waals surface area contributed by atoms with Crippen molar-refractivity contribution >= 4 is 11.9 Å². The Bertz CT molecular complexity index is 196. The number of hydrogen-bond donors (Lipinski definition) is 0. The van der Waals surface area contributed by atoms with Gasteiger partial charge in [0, 0.05) is 6.92 Å². The lowest BCUT2D eigenvalue weighted by Crippen LogP contribution is -2.48. The lowest BCUT2D eigenvalue weighted by Gasteiger charge is -2.23. The van der Waals surface area contributed by atoms with Crippen molar-refractivity contribution in [1.29, 1.82) is 0 Å². The maximum absolute atomic E-state index is 11.4. The van der Waals surface area contributed by atoms with E-state index in [0.717, 1.165) is 0 Å². The van der Waals surface area contributed by atoms with Gasteiger partial charge in [-0.3, -0.25) is 4.84 Å². The number of rotatable bonds is 1. The van der Waals surface area contributed by atoms with Crippen LogP contribution in [0.15, 0.2) is 0 Å². The molecular weight excluding hydrogens is 158 g/mol. The van der Waals surface area contributed by atoms with Crippen molar-refractivity contribution < 1.29 is 19.1 Å². The average Bonchev–Trinajstić information content (AvgIpc) is 1.82. The van der Waals surface area contributed by atoms with E-state index in [1.807, 2.05) is 0 Å². The number of hydroxylamine groups is 3. The van der Waals surface area contributed by atoms with Crippen LogP contribution in [0.2, 0.25) is 0 Å². The van der Waals surface area contributed by atoms with Gasteiger partial charge in [-0.2, -0.15) is 0 Å². The van der Waals surface area contributed by atoms with Crippen LogP contribution in [0.5, 0.6) is 0 Å². The summed E-state index contributed by atoms with van der Waals surface area (Å²) in [5, 5.41) is 0. The standard InChI is InChI=1S/C8H16NO3/c1-6(2)8(11)9(4,5)12-7(3)10/h6H,1-5H3/q+1. The molecule has 1 amide bonds. The summed E-state index contributed by atoms with van der Waals surface area (Å²) in [5.74, 6) is -0.710. The van der Waals surface area contributed by atoms with E-state index in [-0.39, 0.29) is 16.5 Å². The molecule has 0 bridgehead atoms. The molecule has 0 aromatic rings. The smallest absolute Gasteiger partial charge is 0.270 e. The zero-order valence-electron chi connectivity index (χ0n) is 8.25. The van der Waals surface area contributed by atoms with Crippen molar-refractivity contribution in [3.63, 3.8) is 0 Å². The first-order valence-corrected chi connectivity index (χ1v) is 3.86. The Hall–Kier alpha value is -0.900. The maximum atomic E-state index is 11.4. The lowest BCUT2D eigenvalue weighted by atomic mass is 10.2. The van der Waals surface area contributed by atoms with Crippen molar-refractivity contribution in [3.8, 4) is 0 Å². The third kappa shape index (κ3) is 3.00. The number of carbonyl (C=O) groups excluding carboxylic acids is 2. The molecule has 4 nitrogen and oxygen atoms in total. The monoisotopic (exact) mass is 174 g/mol. The fraction of sp³-hybridized carbons (Fsp3) is 0.750. The summed E-state index contributed by atoms with van der Waals surface area (Å²) in [5.41, 5.74) is 0. The highest BCUT2D eigenvalue weighted by Crippen LogP contribution is 2.08. The van der Waals surface area contributed by atoms with Gasteiger partial charge in [0.05, 0.1) is 5.92 Å². The molecule has 0 heterocycles. The molecule has 0 rings (SSSR count). The van der Waals surface area contributed by atoms with E-state index >= 15 is 0 Å². The average molecular weight is 174 g/mol. The Kier molecular flexibility index (Phi) is 3.39. The van der Waals surface area contributed by atoms with Gasteiger partial charge < -0.3 is 0 Å². The second-order valence-corrected chi connectivity index (χ2v) is 3.43. The predicted octanol–water partition coefficient (Wildman–Crippen LogP) is 0.723. The lowest BCUT2D eigenvalue weighted by molar-refractivity contribution is -0.996. The Morgan fingerprint density at radius 2 is 1.67 bits per heavy atom. The molecule has 0 atom stereocenters. The van der Waals surface area contributed by atoms with Crippen LogP contribution in [0.1, 0.15) is 20.8 Å². The first-order valence-electron chi connectivity index (χ1n) is 3.86. The first-order chi connectivity index (χ1) is 5.27. The highest BCUT2D eigenvalue weighted by Gasteiger charge is 2.33. The quantitative estimate of drug-likeness (QED) is 0.434. The van der Waals surface area contributed by atoms with Crippen molar-refractivity contribution in [1.82, 2.24) is 0 Å². The minimum absolute atomic E-state index is 0.120. The molecule has 12 heavy (non-hydrogen) atoms. The van der Waals surface area contributed by atoms with Gasteiger partial charge in [-0.05, 0) is 13.8 Å². The number of carbonyl (C=O) groups is 2. The molecule has 0 aromatic heterocycles. The number of quaternary nitrogens is 1. The van der Waals surface area contributed by atoms with Crippen LogP contribution in [0.3, 0.4) is 0 Å². The molecule has 0 N–H and O–H groups in total. The molecule has 0 unspecified atom stereocenters. The summed E-state index contributed by atoms with van der Waals surface area (Å²) in [6, 6.07) is 0. The third-order valence-corrected chi connectivity index (χ3v) is 1.38. The van der Waals surface area contributed by atoms with Gasteiger partial charge in [-0.25, -0.2) is 9.59 Å². The molecule has 0 radical (unpaired) electrons. The van der Waals surface area contributed by atoms with E-state index in [2.05, 4.69) is 0 Å². The van der Waals surface area contributed by atoms with E-state index in [9.17, 15) is 9.59 Å². The minimum Gasteiger partial charge on any atom is -0.270 e. The Morgan fingerprint density at radius 3 is 1.92 bits per heavy atom. The summed E-state index contributed by atoms with van der Waals surface area (Å²) in [7, 11) is 3.09. The molecule has 0 saturated carbocycles. The van der Waals surface area contributed by atoms with E-state index in [1.54, 1.807) is 27.9 Å². The number of amides is 1. The van der Waals surface area contributed by atoms with Crippen molar-refractivity contribution in [2.45, 2.75) is 20.8 Å². The highest BCUT2D eigenvalue weighted by atomic mass is 16.7. The fourth-order valence-electron chi connectivity index (χ4n) is 0.988. The van der Waals surface area contributed by atoms with Crippen LogP contribution >= 0.6 is 0 Å². The van der Waals surface area contributed by atoms with Gasteiger partial charge in [0.2, 0.25) is 0 Å². The van der Waals surface area contributed by atoms with Crippen molar-refractivity contribution in [2.24, 2.45) is 5.92 Å². The first kappa shape index (κ1) is 11.1. The van der Waals surface area contributed by atoms with E-state index in [0.29, 0.717) is 0 Å². The summed E-state index contributed by atoms with van der Waals surface area (Å²) in [6.07, 6.45) is 0. The second-order valence-electron chi connectivity index (χ2n) is 3.43. The van der Waals surface area contributed by atoms with Crippen LogP contribution in [-0.2, 0) is 14.4 Å². The van der Waals surface area contributed by atoms with Crippen LogP contribution < -0.4 is 0 Å². The van der Waals surface area contributed by atoms with Gasteiger partial charge in [-0.1, -0.05) is 4.65 Å². The third-order valence-electron chi connectivity index (χ3n) is 1.38. The largest absolute Gasteiger partial charge is 0.364 e. The Balaban J connectivity index is 4.39. The molecule has 0 aliphatic rings. The molecule has 0 aliphatic heterocycles. The van der Waals surface area contributed by atoms with E-state index < -0.39 is 5.97 Å². The molecule has 0 fully saturated rings. The topological polar surface area (TPSA) is 43.4 Å². The number of hydrogen-bond acceptors (Lipinski definition) is 3. The number of nitrogens with zero attached hydrogens (tertiary/aromatic N) is 1. The van der Waals surface area contributed by atoms with Gasteiger partial charge >= 0.3 is 11.9 Å². The zero-order chi connectivity index (χ0) is 9.94. The Labute approximate surface area is 72.7 Å². The second kappa shape index (κ2) is 3.67. The fourth-order valence-corrected chi connectivity index (χ4v) is 0.988. The van der Waals surface area contributed by atoms with E-state index in [4.69, 9.17) is 4.84 Å². The molecule has 4 heteroatoms. The minimum atomic E-state index is -0.450. The molecule has 0 saturated heterocycles. The predicted molar refractivity (Wildman–Crippen MR) is 43.7 cm³/mol. The van der Waals surface area contributed by atoms with Gasteiger partial charge in [-0.15, -0.1) is 0 Å². The van der Waals surface area contributed by atoms with Crippen LogP contribution in [-0.4, -0.2) is 30.6 Å². The normalized spacial score (nSPS) is 11.5. The molecular formula is C8H16NO3+. The summed E-state index contributed by atoms with van der Waals surface area (Å²) in [4.78, 5) is 26.8. The van der Waals surface area contributed by atoms with Crippen molar-refractivity contribution in [2.75, 3.05) is 14.1 Å². The van der Waals surface area contributed by atoms with Gasteiger partial charge in [0.1, 0.15) is 14.1 Å². The van der Waals surface area contributed by atoms with Gasteiger partial charge in [0.15, 0.2) is 0 Å². The van der Waals surface area contributed by atoms with Crippen LogP contribution in [0.25, 0.3) is 0 Å². The van der Waals surface area contributed by atoms with Gasteiger partial charge in [0.25, 0.3) is 0 Å². The van der Waals surface area contributed by atoms with Crippen LogP contribution in [0.4, 0.5) is 0 Å². The Morgan fingerprint density at radius 1 is 1.25 bits per heavy atom. The molecule has 70 valence electrons. The van der Waals surface area contributed by atoms with E-state index in [1.165, 1.54) is 6.92 Å². The summed E-state index contributed by atoms with van der Waals surface area (Å²) < 4.78 is -0.340. The molecule has 0 aromatic carbocycles. The summed E-state index contributed by atoms with van der Waals surface area (Å²) >= 11 is 0. The summed E-state index contributed by atoms with van der Waals surface area (Å²) in [6.45, 7) is 4.82. The molecule has 0 spiro atoms. The van der Waals surface area contributed by atoms with Crippen LogP contribution in [0, 0.1) is 5.92 Å². The molecule has 0 aliphatic carbocycles. The maximum Gasteiger partial charge on any atom is 0.364 e. The SMILES string of the molecule is CC(=O)O[N+](C)(C)C(=O)C(C)C. The highest BCUT2D eigenvalue weighted by molar-refractivity contribution is 5.72. The zero-order valence-corrected chi connectivity index (χ0v) is 8.25. The van der Waals surface area contributed by atoms with Crippen molar-refractivity contribution in [3.05, 3.63) is 0 Å².